The predicted octanol–water partition coefficient (Wildman–Crippen LogP) is 10.6. The van der Waals surface area contributed by atoms with E-state index >= 15 is 0 Å². The zero-order chi connectivity index (χ0) is 39.7. The molecule has 9 nitrogen and oxygen atoms in total. The number of nitrogens with one attached hydrogen (secondary N) is 2. The van der Waals surface area contributed by atoms with E-state index in [2.05, 4.69) is 60.9 Å². The number of rotatable bonds is 39. The van der Waals surface area contributed by atoms with Gasteiger partial charge in [-0.2, -0.15) is 0 Å². The van der Waals surface area contributed by atoms with Crippen LogP contribution in [0.2, 0.25) is 0 Å². The molecule has 4 N–H and O–H groups in total. The number of hydrogen-bond acceptors (Lipinski definition) is 6. The molecule has 54 heavy (non-hydrogen) atoms. The number of unbranched alkanes of at least 4 members (excludes halogenated alkanes) is 21. The third-order valence-corrected chi connectivity index (χ3v) is 9.59. The molecule has 0 saturated heterocycles. The van der Waals surface area contributed by atoms with Gasteiger partial charge in [0.05, 0.1) is 13.2 Å². The molecule has 0 heterocycles. The summed E-state index contributed by atoms with van der Waals surface area (Å²) in [5.41, 5.74) is 0. The number of carboxylic acid groups (broad SMARTS) is 1. The van der Waals surface area contributed by atoms with Crippen LogP contribution in [0.15, 0.2) is 36.5 Å². The number of aliphatic carboxylic acids is 1. The number of amides is 2. The number of carbonyl (C=O) groups is 4. The van der Waals surface area contributed by atoms with Gasteiger partial charge in [-0.05, 0) is 76.7 Å². The molecule has 0 fully saturated rings. The first-order valence-electron chi connectivity index (χ1n) is 21.9. The van der Waals surface area contributed by atoms with E-state index in [9.17, 15) is 19.2 Å². The first-order chi connectivity index (χ1) is 26.3. The summed E-state index contributed by atoms with van der Waals surface area (Å²) in [6.07, 6.45) is 44.8. The molecular formula is C45H80N2O7. The van der Waals surface area contributed by atoms with Crippen LogP contribution in [0.1, 0.15) is 200 Å². The van der Waals surface area contributed by atoms with Crippen molar-refractivity contribution in [3.8, 4) is 0 Å². The van der Waals surface area contributed by atoms with Gasteiger partial charge in [0.15, 0.2) is 0 Å². The molecule has 2 atom stereocenters. The number of hydrogen-bond donors (Lipinski definition) is 4. The fourth-order valence-electron chi connectivity index (χ4n) is 6.18. The minimum absolute atomic E-state index is 0.0855. The van der Waals surface area contributed by atoms with Gasteiger partial charge in [0.1, 0.15) is 12.1 Å². The van der Waals surface area contributed by atoms with Crippen LogP contribution in [0.25, 0.3) is 0 Å². The van der Waals surface area contributed by atoms with E-state index in [1.165, 1.54) is 103 Å². The van der Waals surface area contributed by atoms with Crippen molar-refractivity contribution in [2.45, 2.75) is 212 Å². The molecule has 0 aliphatic rings. The van der Waals surface area contributed by atoms with Gasteiger partial charge in [0.25, 0.3) is 0 Å². The van der Waals surface area contributed by atoms with Crippen LogP contribution < -0.4 is 10.6 Å². The Balaban J connectivity index is 4.22. The summed E-state index contributed by atoms with van der Waals surface area (Å²) in [6.45, 7) is 3.44. The van der Waals surface area contributed by atoms with Gasteiger partial charge in [0.2, 0.25) is 11.8 Å². The maximum Gasteiger partial charge on any atom is 0.328 e. The van der Waals surface area contributed by atoms with Crippen LogP contribution in [0, 0.1) is 0 Å². The molecule has 0 aromatic rings. The molecule has 2 amide bonds. The molecule has 0 radical (unpaired) electrons. The Kier molecular flexibility index (Phi) is 37.6. The number of esters is 1. The molecule has 0 saturated carbocycles. The van der Waals surface area contributed by atoms with Crippen molar-refractivity contribution in [3.05, 3.63) is 36.5 Å². The molecule has 0 rings (SSSR count). The van der Waals surface area contributed by atoms with Crippen molar-refractivity contribution in [1.82, 2.24) is 10.6 Å². The van der Waals surface area contributed by atoms with Crippen LogP contribution in [-0.4, -0.2) is 59.3 Å². The van der Waals surface area contributed by atoms with Gasteiger partial charge in [-0.3, -0.25) is 14.4 Å². The average molecular weight is 761 g/mol. The van der Waals surface area contributed by atoms with Crippen molar-refractivity contribution in [2.24, 2.45) is 0 Å². The van der Waals surface area contributed by atoms with Crippen molar-refractivity contribution >= 4 is 23.8 Å². The van der Waals surface area contributed by atoms with E-state index < -0.39 is 24.5 Å². The zero-order valence-corrected chi connectivity index (χ0v) is 34.5. The third-order valence-electron chi connectivity index (χ3n) is 9.59. The molecule has 312 valence electrons. The monoisotopic (exact) mass is 761 g/mol. The quantitative estimate of drug-likeness (QED) is 0.0277. The topological polar surface area (TPSA) is 142 Å². The lowest BCUT2D eigenvalue weighted by molar-refractivity contribution is -0.147. The highest BCUT2D eigenvalue weighted by atomic mass is 16.5. The van der Waals surface area contributed by atoms with Crippen LogP contribution in [0.4, 0.5) is 0 Å². The van der Waals surface area contributed by atoms with E-state index in [0.29, 0.717) is 19.3 Å². The largest absolute Gasteiger partial charge is 0.480 e. The smallest absolute Gasteiger partial charge is 0.328 e. The van der Waals surface area contributed by atoms with E-state index in [-0.39, 0.29) is 24.5 Å². The zero-order valence-electron chi connectivity index (χ0n) is 34.5. The molecule has 0 aromatic heterocycles. The van der Waals surface area contributed by atoms with Crippen molar-refractivity contribution in [2.75, 3.05) is 13.2 Å². The Bertz CT molecular complexity index is 1010. The second kappa shape index (κ2) is 39.7. The molecule has 0 aliphatic heterocycles. The lowest BCUT2D eigenvalue weighted by Gasteiger charge is -2.15. The summed E-state index contributed by atoms with van der Waals surface area (Å²) in [7, 11) is 0. The van der Waals surface area contributed by atoms with Gasteiger partial charge in [-0.25, -0.2) is 4.79 Å². The van der Waals surface area contributed by atoms with E-state index in [1.807, 2.05) is 0 Å². The lowest BCUT2D eigenvalue weighted by Crippen LogP contribution is -2.47. The van der Waals surface area contributed by atoms with E-state index in [1.54, 1.807) is 0 Å². The molecule has 0 spiro atoms. The van der Waals surface area contributed by atoms with Crippen LogP contribution in [0.3, 0.4) is 0 Å². The minimum Gasteiger partial charge on any atom is -0.480 e. The fourth-order valence-corrected chi connectivity index (χ4v) is 6.18. The molecule has 0 aromatic carbocycles. The number of ether oxygens (including phenoxy) is 1. The Hall–Kier alpha value is -2.94. The molecule has 0 aliphatic carbocycles. The SMILES string of the molecule is CCCCC/C=C\C/C=C\CCCCCCCCCC(=O)OC(/C=C\CCCCCCCC)CCCCCCCCC(=O)NCC(=O)NC(CO)C(=O)O. The highest BCUT2D eigenvalue weighted by Gasteiger charge is 2.18. The second-order valence-electron chi connectivity index (χ2n) is 14.8. The number of allylic oxidation sites excluding steroid dienone is 5. The Morgan fingerprint density at radius 1 is 0.574 bits per heavy atom. The highest BCUT2D eigenvalue weighted by molar-refractivity contribution is 5.87. The number of aliphatic hydroxyl groups is 1. The van der Waals surface area contributed by atoms with Crippen LogP contribution in [0.5, 0.6) is 0 Å². The normalized spacial score (nSPS) is 12.8. The van der Waals surface area contributed by atoms with Crippen LogP contribution >= 0.6 is 0 Å². The molecule has 0 bridgehead atoms. The standard InChI is InChI=1S/C45H80N2O7/c1-3-5-7-9-11-13-14-15-16-17-18-19-20-21-23-29-33-37-44(51)54-40(34-30-26-22-12-10-8-6-4-2)35-31-27-24-25-28-32-36-42(49)46-38-43(50)47-41(39-48)45(52)53/h11,13,15-16,30,34,40-41,48H,3-10,12,14,17-29,31-33,35-39H2,1-2H3,(H,46,49)(H,47,50)(H,52,53)/b13-11-,16-15-,34-30-. The molecular weight excluding hydrogens is 681 g/mol. The highest BCUT2D eigenvalue weighted by Crippen LogP contribution is 2.16. The Labute approximate surface area is 329 Å². The van der Waals surface area contributed by atoms with Crippen molar-refractivity contribution in [3.63, 3.8) is 0 Å². The first-order valence-corrected chi connectivity index (χ1v) is 21.9. The maximum atomic E-state index is 12.7. The summed E-state index contributed by atoms with van der Waals surface area (Å²) in [6, 6.07) is -1.38. The molecule has 2 unspecified atom stereocenters. The third kappa shape index (κ3) is 36.1. The predicted molar refractivity (Wildman–Crippen MR) is 222 cm³/mol. The van der Waals surface area contributed by atoms with E-state index in [4.69, 9.17) is 14.9 Å². The van der Waals surface area contributed by atoms with Crippen molar-refractivity contribution in [1.29, 1.82) is 0 Å². The summed E-state index contributed by atoms with van der Waals surface area (Å²) in [5.74, 6) is -2.33. The maximum absolute atomic E-state index is 12.7. The summed E-state index contributed by atoms with van der Waals surface area (Å²) in [4.78, 5) is 47.4. The van der Waals surface area contributed by atoms with Gasteiger partial charge in [-0.15, -0.1) is 0 Å². The van der Waals surface area contributed by atoms with Crippen LogP contribution in [-0.2, 0) is 23.9 Å². The molecule has 9 heteroatoms. The Morgan fingerprint density at radius 3 is 1.63 bits per heavy atom. The summed E-state index contributed by atoms with van der Waals surface area (Å²) < 4.78 is 5.94. The summed E-state index contributed by atoms with van der Waals surface area (Å²) >= 11 is 0. The number of aliphatic hydroxyl groups excluding tert-OH is 1. The van der Waals surface area contributed by atoms with Gasteiger partial charge >= 0.3 is 11.9 Å². The minimum atomic E-state index is -1.38. The number of carboxylic acids is 1. The van der Waals surface area contributed by atoms with Crippen molar-refractivity contribution < 1.29 is 34.1 Å². The van der Waals surface area contributed by atoms with Gasteiger partial charge in [0, 0.05) is 12.8 Å². The van der Waals surface area contributed by atoms with Gasteiger partial charge in [-0.1, -0.05) is 147 Å². The first kappa shape index (κ1) is 51.1. The van der Waals surface area contributed by atoms with E-state index in [0.717, 1.165) is 64.2 Å². The van der Waals surface area contributed by atoms with Gasteiger partial charge < -0.3 is 25.6 Å². The second-order valence-corrected chi connectivity index (χ2v) is 14.8. The number of carbonyl (C=O) groups excluding carboxylic acids is 3. The summed E-state index contributed by atoms with van der Waals surface area (Å²) in [5, 5.41) is 22.5. The fraction of sp³-hybridized carbons (Fsp3) is 0.778. The lowest BCUT2D eigenvalue weighted by atomic mass is 10.0. The Morgan fingerprint density at radius 2 is 1.06 bits per heavy atom. The average Bonchev–Trinajstić information content (AvgIpc) is 3.15.